The lowest BCUT2D eigenvalue weighted by Gasteiger charge is -2.16. The molecule has 7 heteroatoms. The molecule has 0 saturated heterocycles. The molecule has 4 rings (SSSR count). The Balaban J connectivity index is 1.45. The van der Waals surface area contributed by atoms with Crippen molar-refractivity contribution in [2.45, 2.75) is 32.7 Å². The summed E-state index contributed by atoms with van der Waals surface area (Å²) in [7, 11) is 0. The molecular weight excluding hydrogens is 335 g/mol. The van der Waals surface area contributed by atoms with Gasteiger partial charge in [0.05, 0.1) is 18.4 Å². The van der Waals surface area contributed by atoms with Crippen molar-refractivity contribution in [2.24, 2.45) is 5.92 Å². The van der Waals surface area contributed by atoms with E-state index in [1.165, 1.54) is 12.1 Å². The number of amides is 1. The van der Waals surface area contributed by atoms with Crippen LogP contribution < -0.4 is 5.32 Å². The Labute approximate surface area is 150 Å². The molecular formula is C19H19FN4O2. The molecule has 0 radical (unpaired) electrons. The molecule has 134 valence electrons. The van der Waals surface area contributed by atoms with Gasteiger partial charge in [0, 0.05) is 18.2 Å². The molecule has 0 fully saturated rings. The van der Waals surface area contributed by atoms with Crippen LogP contribution in [0, 0.1) is 11.7 Å². The third kappa shape index (κ3) is 3.37. The molecule has 1 atom stereocenters. The maximum absolute atomic E-state index is 13.0. The van der Waals surface area contributed by atoms with Crippen molar-refractivity contribution < 1.29 is 13.7 Å². The molecule has 1 N–H and O–H groups in total. The van der Waals surface area contributed by atoms with Gasteiger partial charge in [0.2, 0.25) is 0 Å². The van der Waals surface area contributed by atoms with Gasteiger partial charge >= 0.3 is 0 Å². The number of nitrogens with one attached hydrogen (secondary N) is 1. The van der Waals surface area contributed by atoms with E-state index in [-0.39, 0.29) is 11.7 Å². The highest BCUT2D eigenvalue weighted by molar-refractivity contribution is 6.03. The van der Waals surface area contributed by atoms with Crippen LogP contribution in [0.1, 0.15) is 40.7 Å². The summed E-state index contributed by atoms with van der Waals surface area (Å²) in [4.78, 5) is 12.5. The van der Waals surface area contributed by atoms with Crippen LogP contribution in [0.25, 0.3) is 0 Å². The van der Waals surface area contributed by atoms with Crippen LogP contribution in [0.15, 0.2) is 41.2 Å². The number of hydrogen-bond acceptors (Lipinski definition) is 4. The fourth-order valence-corrected chi connectivity index (χ4v) is 3.24. The Kier molecular flexibility index (Phi) is 4.28. The third-order valence-corrected chi connectivity index (χ3v) is 4.65. The fraction of sp³-hybridized carbons (Fsp3) is 0.316. The van der Waals surface area contributed by atoms with Gasteiger partial charge in [-0.1, -0.05) is 24.2 Å². The minimum atomic E-state index is -0.287. The highest BCUT2D eigenvalue weighted by Crippen LogP contribution is 2.28. The van der Waals surface area contributed by atoms with E-state index in [1.807, 2.05) is 0 Å². The highest BCUT2D eigenvalue weighted by Gasteiger charge is 2.27. The van der Waals surface area contributed by atoms with Crippen LogP contribution in [0.2, 0.25) is 0 Å². The van der Waals surface area contributed by atoms with Crippen LogP contribution in [0.3, 0.4) is 0 Å². The monoisotopic (exact) mass is 354 g/mol. The maximum atomic E-state index is 13.0. The predicted octanol–water partition coefficient (Wildman–Crippen LogP) is 3.44. The Bertz CT molecular complexity index is 929. The van der Waals surface area contributed by atoms with Crippen LogP contribution in [-0.2, 0) is 19.4 Å². The quantitative estimate of drug-likeness (QED) is 0.779. The first kappa shape index (κ1) is 16.5. The lowest BCUT2D eigenvalue weighted by atomic mass is 9.88. The SMILES string of the molecule is CC1CCc2onc(C(=O)Nc3cnn(Cc4ccc(F)cc4)c3)c2C1. The number of fused-ring (bicyclic) bond motifs is 1. The predicted molar refractivity (Wildman–Crippen MR) is 93.4 cm³/mol. The molecule has 1 aromatic carbocycles. The Morgan fingerprint density at radius 3 is 3.00 bits per heavy atom. The number of carbonyl (C=O) groups is 1. The van der Waals surface area contributed by atoms with E-state index < -0.39 is 0 Å². The normalized spacial score (nSPS) is 16.3. The topological polar surface area (TPSA) is 73.0 Å². The van der Waals surface area contributed by atoms with Gasteiger partial charge in [-0.05, 0) is 36.5 Å². The van der Waals surface area contributed by atoms with Crippen LogP contribution in [0.4, 0.5) is 10.1 Å². The molecule has 1 aliphatic rings. The van der Waals surface area contributed by atoms with E-state index in [9.17, 15) is 9.18 Å². The summed E-state index contributed by atoms with van der Waals surface area (Å²) < 4.78 is 20.0. The van der Waals surface area contributed by atoms with E-state index in [4.69, 9.17) is 4.52 Å². The van der Waals surface area contributed by atoms with E-state index >= 15 is 0 Å². The largest absolute Gasteiger partial charge is 0.360 e. The van der Waals surface area contributed by atoms with Gasteiger partial charge in [-0.2, -0.15) is 5.10 Å². The summed E-state index contributed by atoms with van der Waals surface area (Å²) in [5.74, 6) is 0.782. The fourth-order valence-electron chi connectivity index (χ4n) is 3.24. The Morgan fingerprint density at radius 1 is 1.38 bits per heavy atom. The molecule has 0 aliphatic heterocycles. The van der Waals surface area contributed by atoms with Crippen LogP contribution in [-0.4, -0.2) is 20.8 Å². The number of anilines is 1. The van der Waals surface area contributed by atoms with Crippen LogP contribution in [0.5, 0.6) is 0 Å². The van der Waals surface area contributed by atoms with E-state index in [0.29, 0.717) is 23.8 Å². The molecule has 1 aliphatic carbocycles. The molecule has 26 heavy (non-hydrogen) atoms. The molecule has 2 heterocycles. The summed E-state index contributed by atoms with van der Waals surface area (Å²) in [5.41, 5.74) is 2.78. The first-order valence-corrected chi connectivity index (χ1v) is 8.64. The van der Waals surface area contributed by atoms with Gasteiger partial charge in [-0.25, -0.2) is 4.39 Å². The van der Waals surface area contributed by atoms with Gasteiger partial charge in [0.15, 0.2) is 5.69 Å². The van der Waals surface area contributed by atoms with Crippen molar-refractivity contribution >= 4 is 11.6 Å². The summed E-state index contributed by atoms with van der Waals surface area (Å²) in [6.07, 6.45) is 6.00. The number of halogens is 1. The summed E-state index contributed by atoms with van der Waals surface area (Å²) in [5, 5.41) is 11.0. The molecule has 6 nitrogen and oxygen atoms in total. The number of hydrogen-bond donors (Lipinski definition) is 1. The zero-order valence-electron chi connectivity index (χ0n) is 14.4. The number of nitrogens with zero attached hydrogens (tertiary/aromatic N) is 3. The van der Waals surface area contributed by atoms with Crippen molar-refractivity contribution in [3.8, 4) is 0 Å². The van der Waals surface area contributed by atoms with Crippen molar-refractivity contribution in [3.05, 3.63) is 65.1 Å². The second-order valence-electron chi connectivity index (χ2n) is 6.79. The van der Waals surface area contributed by atoms with Gasteiger partial charge < -0.3 is 9.84 Å². The minimum absolute atomic E-state index is 0.271. The molecule has 0 saturated carbocycles. The number of aromatic nitrogens is 3. The smallest absolute Gasteiger partial charge is 0.278 e. The van der Waals surface area contributed by atoms with Gasteiger partial charge in [-0.15, -0.1) is 0 Å². The highest BCUT2D eigenvalue weighted by atomic mass is 19.1. The van der Waals surface area contributed by atoms with Crippen LogP contribution >= 0.6 is 0 Å². The summed E-state index contributed by atoms with van der Waals surface area (Å²) in [6.45, 7) is 2.66. The lowest BCUT2D eigenvalue weighted by molar-refractivity contribution is 0.101. The zero-order valence-corrected chi connectivity index (χ0v) is 14.4. The number of aryl methyl sites for hydroxylation is 1. The molecule has 0 bridgehead atoms. The van der Waals surface area contributed by atoms with E-state index in [2.05, 4.69) is 22.5 Å². The number of carbonyl (C=O) groups excluding carboxylic acids is 1. The molecule has 3 aromatic rings. The summed E-state index contributed by atoms with van der Waals surface area (Å²) >= 11 is 0. The first-order valence-electron chi connectivity index (χ1n) is 8.64. The average molecular weight is 354 g/mol. The maximum Gasteiger partial charge on any atom is 0.278 e. The van der Waals surface area contributed by atoms with Crippen molar-refractivity contribution in [2.75, 3.05) is 5.32 Å². The van der Waals surface area contributed by atoms with Gasteiger partial charge in [0.25, 0.3) is 5.91 Å². The molecule has 2 aromatic heterocycles. The molecule has 1 unspecified atom stereocenters. The second-order valence-corrected chi connectivity index (χ2v) is 6.79. The van der Waals surface area contributed by atoms with Crippen molar-refractivity contribution in [1.29, 1.82) is 0 Å². The first-order chi connectivity index (χ1) is 12.6. The molecule has 1 amide bonds. The standard InChI is InChI=1S/C19H19FN4O2/c1-12-2-7-17-16(8-12)18(23-26-17)19(25)22-15-9-21-24(11-15)10-13-3-5-14(20)6-4-13/h3-6,9,11-12H,2,7-8,10H2,1H3,(H,22,25). The molecule has 0 spiro atoms. The van der Waals surface area contributed by atoms with Gasteiger partial charge in [-0.3, -0.25) is 9.48 Å². The second kappa shape index (κ2) is 6.74. The van der Waals surface area contributed by atoms with Crippen molar-refractivity contribution in [1.82, 2.24) is 14.9 Å². The summed E-state index contributed by atoms with van der Waals surface area (Å²) in [6, 6.07) is 6.24. The van der Waals surface area contributed by atoms with E-state index in [1.54, 1.807) is 29.2 Å². The minimum Gasteiger partial charge on any atom is -0.360 e. The van der Waals surface area contributed by atoms with E-state index in [0.717, 1.165) is 36.1 Å². The number of benzene rings is 1. The number of rotatable bonds is 4. The Hall–Kier alpha value is -2.96. The van der Waals surface area contributed by atoms with Crippen molar-refractivity contribution in [3.63, 3.8) is 0 Å². The van der Waals surface area contributed by atoms with Gasteiger partial charge in [0.1, 0.15) is 11.6 Å². The zero-order chi connectivity index (χ0) is 18.1. The Morgan fingerprint density at radius 2 is 2.19 bits per heavy atom. The third-order valence-electron chi connectivity index (χ3n) is 4.65. The lowest BCUT2D eigenvalue weighted by Crippen LogP contribution is -2.17. The average Bonchev–Trinajstić information content (AvgIpc) is 3.23.